The van der Waals surface area contributed by atoms with E-state index in [1.54, 1.807) is 6.20 Å². The molecule has 4 nitrogen and oxygen atoms in total. The lowest BCUT2D eigenvalue weighted by Crippen LogP contribution is -2.41. The van der Waals surface area contributed by atoms with Crippen molar-refractivity contribution in [3.05, 3.63) is 18.3 Å². The van der Waals surface area contributed by atoms with Crippen molar-refractivity contribution in [2.45, 2.75) is 59.2 Å². The van der Waals surface area contributed by atoms with Gasteiger partial charge in [-0.15, -0.1) is 0 Å². The second kappa shape index (κ2) is 5.97. The van der Waals surface area contributed by atoms with E-state index in [1.807, 2.05) is 12.1 Å². The summed E-state index contributed by atoms with van der Waals surface area (Å²) >= 11 is 0. The van der Waals surface area contributed by atoms with Gasteiger partial charge in [0.05, 0.1) is 17.8 Å². The third-order valence-corrected chi connectivity index (χ3v) is 4.50. The Hall–Kier alpha value is -1.07. The van der Waals surface area contributed by atoms with Gasteiger partial charge in [0.25, 0.3) is 0 Å². The van der Waals surface area contributed by atoms with E-state index in [0.717, 1.165) is 11.9 Å². The first kappa shape index (κ1) is 16.3. The van der Waals surface area contributed by atoms with Gasteiger partial charge in [0.1, 0.15) is 0 Å². The van der Waals surface area contributed by atoms with Crippen molar-refractivity contribution in [2.75, 3.05) is 6.61 Å². The summed E-state index contributed by atoms with van der Waals surface area (Å²) in [6, 6.07) is 3.82. The van der Waals surface area contributed by atoms with Gasteiger partial charge in [-0.1, -0.05) is 20.3 Å². The molecule has 1 aliphatic heterocycles. The average molecular weight is 291 g/mol. The number of nitrogens with zero attached hydrogens (tertiary/aromatic N) is 1. The van der Waals surface area contributed by atoms with Gasteiger partial charge >= 0.3 is 7.12 Å². The van der Waals surface area contributed by atoms with E-state index in [1.165, 1.54) is 0 Å². The molecule has 0 N–H and O–H groups in total. The molecule has 0 bridgehead atoms. The first-order chi connectivity index (χ1) is 9.75. The van der Waals surface area contributed by atoms with Crippen LogP contribution in [0.5, 0.6) is 5.88 Å². The Morgan fingerprint density at radius 3 is 2.43 bits per heavy atom. The molecule has 1 unspecified atom stereocenters. The smallest absolute Gasteiger partial charge is 0.477 e. The molecule has 0 spiro atoms. The molecule has 1 fully saturated rings. The van der Waals surface area contributed by atoms with Crippen LogP contribution in [0.3, 0.4) is 0 Å². The van der Waals surface area contributed by atoms with E-state index >= 15 is 0 Å². The molecule has 1 aliphatic rings. The van der Waals surface area contributed by atoms with Crippen LogP contribution in [-0.4, -0.2) is 29.9 Å². The van der Waals surface area contributed by atoms with Crippen LogP contribution in [0.15, 0.2) is 18.3 Å². The summed E-state index contributed by atoms with van der Waals surface area (Å²) in [6.45, 7) is 13.2. The minimum Gasteiger partial charge on any atom is -0.477 e. The molecular weight excluding hydrogens is 265 g/mol. The molecule has 1 saturated heterocycles. The molecular formula is C16H26BNO3. The highest BCUT2D eigenvalue weighted by atomic mass is 16.7. The van der Waals surface area contributed by atoms with Crippen LogP contribution in [0.1, 0.15) is 48.0 Å². The molecule has 0 radical (unpaired) electrons. The highest BCUT2D eigenvalue weighted by Gasteiger charge is 2.51. The summed E-state index contributed by atoms with van der Waals surface area (Å²) in [7, 11) is -0.371. The van der Waals surface area contributed by atoms with Crippen LogP contribution in [0, 0.1) is 5.92 Å². The lowest BCUT2D eigenvalue weighted by Gasteiger charge is -2.32. The van der Waals surface area contributed by atoms with E-state index in [0.29, 0.717) is 18.4 Å². The van der Waals surface area contributed by atoms with Crippen molar-refractivity contribution in [2.24, 2.45) is 5.92 Å². The van der Waals surface area contributed by atoms with Gasteiger partial charge in [-0.25, -0.2) is 4.98 Å². The molecule has 1 aromatic heterocycles. The Morgan fingerprint density at radius 1 is 1.24 bits per heavy atom. The molecule has 2 heterocycles. The molecule has 1 atom stereocenters. The summed E-state index contributed by atoms with van der Waals surface area (Å²) in [6.07, 6.45) is 2.84. The van der Waals surface area contributed by atoms with Crippen LogP contribution in [-0.2, 0) is 9.31 Å². The van der Waals surface area contributed by atoms with E-state index < -0.39 is 0 Å². The number of hydrogen-bond acceptors (Lipinski definition) is 4. The molecule has 0 aromatic carbocycles. The van der Waals surface area contributed by atoms with Crippen LogP contribution in [0.2, 0.25) is 0 Å². The van der Waals surface area contributed by atoms with E-state index in [9.17, 15) is 0 Å². The Balaban J connectivity index is 2.08. The lowest BCUT2D eigenvalue weighted by molar-refractivity contribution is 0.00578. The highest BCUT2D eigenvalue weighted by Crippen LogP contribution is 2.36. The lowest BCUT2D eigenvalue weighted by atomic mass is 9.80. The van der Waals surface area contributed by atoms with Gasteiger partial charge in [-0.3, -0.25) is 0 Å². The summed E-state index contributed by atoms with van der Waals surface area (Å²) in [5, 5.41) is 0. The quantitative estimate of drug-likeness (QED) is 0.782. The molecule has 116 valence electrons. The second-order valence-corrected chi connectivity index (χ2v) is 6.84. The molecule has 2 rings (SSSR count). The topological polar surface area (TPSA) is 40.6 Å². The first-order valence-corrected chi connectivity index (χ1v) is 7.69. The fraction of sp³-hybridized carbons (Fsp3) is 0.688. The van der Waals surface area contributed by atoms with Crippen molar-refractivity contribution < 1.29 is 14.0 Å². The summed E-state index contributed by atoms with van der Waals surface area (Å²) in [4.78, 5) is 4.26. The number of pyridine rings is 1. The number of hydrogen-bond donors (Lipinski definition) is 0. The van der Waals surface area contributed by atoms with Crippen molar-refractivity contribution in [1.82, 2.24) is 4.98 Å². The van der Waals surface area contributed by atoms with Crippen LogP contribution < -0.4 is 10.2 Å². The molecule has 0 aliphatic carbocycles. The predicted octanol–water partition coefficient (Wildman–Crippen LogP) is 2.81. The fourth-order valence-electron chi connectivity index (χ4n) is 1.97. The zero-order valence-electron chi connectivity index (χ0n) is 14.0. The summed E-state index contributed by atoms with van der Waals surface area (Å²) in [5.74, 6) is 1.15. The molecule has 0 saturated carbocycles. The van der Waals surface area contributed by atoms with Crippen molar-refractivity contribution in [1.29, 1.82) is 0 Å². The summed E-state index contributed by atoms with van der Waals surface area (Å²) in [5.41, 5.74) is 0.278. The van der Waals surface area contributed by atoms with Crippen LogP contribution >= 0.6 is 0 Å². The van der Waals surface area contributed by atoms with Crippen LogP contribution in [0.4, 0.5) is 0 Å². The molecule has 0 amide bonds. The standard InChI is InChI=1S/C16H26BNO3/c1-7-12(2)11-19-14-10-13(8-9-18-14)17-20-15(3,4)16(5,6)21-17/h8-10,12H,7,11H2,1-6H3. The summed E-state index contributed by atoms with van der Waals surface area (Å²) < 4.78 is 17.8. The van der Waals surface area contributed by atoms with Crippen molar-refractivity contribution in [3.8, 4) is 5.88 Å². The minimum absolute atomic E-state index is 0.335. The van der Waals surface area contributed by atoms with Gasteiger partial charge in [0, 0.05) is 12.3 Å². The molecule has 21 heavy (non-hydrogen) atoms. The van der Waals surface area contributed by atoms with E-state index in [2.05, 4.69) is 46.5 Å². The monoisotopic (exact) mass is 291 g/mol. The SMILES string of the molecule is CCC(C)COc1cc(B2OC(C)(C)C(C)(C)O2)ccn1. The van der Waals surface area contributed by atoms with Gasteiger partial charge < -0.3 is 14.0 Å². The third kappa shape index (κ3) is 3.58. The first-order valence-electron chi connectivity index (χ1n) is 7.69. The van der Waals surface area contributed by atoms with E-state index in [-0.39, 0.29) is 18.3 Å². The predicted molar refractivity (Wildman–Crippen MR) is 84.9 cm³/mol. The molecule has 1 aromatic rings. The maximum absolute atomic E-state index is 6.05. The van der Waals surface area contributed by atoms with E-state index in [4.69, 9.17) is 14.0 Å². The zero-order chi connectivity index (χ0) is 15.7. The highest BCUT2D eigenvalue weighted by molar-refractivity contribution is 6.62. The number of aromatic nitrogens is 1. The second-order valence-electron chi connectivity index (χ2n) is 6.84. The molecule has 5 heteroatoms. The zero-order valence-corrected chi connectivity index (χ0v) is 14.0. The van der Waals surface area contributed by atoms with Gasteiger partial charge in [-0.05, 0) is 45.1 Å². The largest absolute Gasteiger partial charge is 0.495 e. The van der Waals surface area contributed by atoms with Crippen molar-refractivity contribution in [3.63, 3.8) is 0 Å². The number of rotatable bonds is 5. The maximum Gasteiger partial charge on any atom is 0.495 e. The van der Waals surface area contributed by atoms with Crippen molar-refractivity contribution >= 4 is 12.6 Å². The minimum atomic E-state index is -0.371. The number of ether oxygens (including phenoxy) is 1. The Labute approximate surface area is 128 Å². The van der Waals surface area contributed by atoms with Crippen LogP contribution in [0.25, 0.3) is 0 Å². The average Bonchev–Trinajstić information content (AvgIpc) is 2.65. The van der Waals surface area contributed by atoms with Gasteiger partial charge in [0.2, 0.25) is 5.88 Å². The third-order valence-electron chi connectivity index (χ3n) is 4.50. The van der Waals surface area contributed by atoms with Gasteiger partial charge in [0.15, 0.2) is 0 Å². The Bertz CT molecular complexity index is 474. The maximum atomic E-state index is 6.05. The normalized spacial score (nSPS) is 21.3. The fourth-order valence-corrected chi connectivity index (χ4v) is 1.97. The Morgan fingerprint density at radius 2 is 1.86 bits per heavy atom. The Kier molecular flexibility index (Phi) is 4.64. The van der Waals surface area contributed by atoms with Gasteiger partial charge in [-0.2, -0.15) is 0 Å².